The van der Waals surface area contributed by atoms with Crippen molar-refractivity contribution in [1.82, 2.24) is 20.0 Å². The summed E-state index contributed by atoms with van der Waals surface area (Å²) >= 11 is 1.17. The number of rotatable bonds is 6. The highest BCUT2D eigenvalue weighted by Gasteiger charge is 2.47. The molecule has 1 saturated heterocycles. The Morgan fingerprint density at radius 3 is 2.62 bits per heavy atom. The quantitative estimate of drug-likeness (QED) is 0.496. The summed E-state index contributed by atoms with van der Waals surface area (Å²) in [6, 6.07) is 4.24. The Balaban J connectivity index is 1.67. The van der Waals surface area contributed by atoms with Gasteiger partial charge in [0.05, 0.1) is 18.4 Å². The largest absolute Gasteiger partial charge is 0.394 e. The van der Waals surface area contributed by atoms with Gasteiger partial charge in [-0.25, -0.2) is 17.9 Å². The van der Waals surface area contributed by atoms with Crippen molar-refractivity contribution in [2.24, 2.45) is 0 Å². The van der Waals surface area contributed by atoms with Gasteiger partial charge in [-0.05, 0) is 18.2 Å². The van der Waals surface area contributed by atoms with Crippen LogP contribution in [0.15, 0.2) is 41.7 Å². The van der Waals surface area contributed by atoms with Crippen LogP contribution in [-0.2, 0) is 9.47 Å². The van der Waals surface area contributed by atoms with Crippen molar-refractivity contribution in [3.05, 3.63) is 59.8 Å². The lowest BCUT2D eigenvalue weighted by molar-refractivity contribution is -0.186. The molecule has 0 bridgehead atoms. The maximum atomic E-state index is 13.7. The van der Waals surface area contributed by atoms with Crippen LogP contribution in [0.25, 0.3) is 11.3 Å². The number of aromatic nitrogens is 4. The molecule has 34 heavy (non-hydrogen) atoms. The third-order valence-electron chi connectivity index (χ3n) is 5.29. The zero-order chi connectivity index (χ0) is 24.4. The Hall–Kier alpha value is -3.02. The molecule has 1 aromatic carbocycles. The number of thioether (sulfide) groups is 1. The maximum absolute atomic E-state index is 13.7. The van der Waals surface area contributed by atoms with Crippen LogP contribution in [0.1, 0.15) is 11.6 Å². The molecule has 1 fully saturated rings. The first-order chi connectivity index (χ1) is 16.4. The van der Waals surface area contributed by atoms with E-state index in [4.69, 9.17) is 14.7 Å². The predicted molar refractivity (Wildman–Crippen MR) is 112 cm³/mol. The second-order valence-corrected chi connectivity index (χ2v) is 8.56. The normalized spacial score (nSPS) is 24.7. The van der Waals surface area contributed by atoms with Gasteiger partial charge in [-0.1, -0.05) is 17.0 Å². The monoisotopic (exact) mass is 493 g/mol. The second-order valence-electron chi connectivity index (χ2n) is 7.38. The number of aliphatic hydroxyl groups excluding tert-OH is 2. The molecule has 9 nitrogen and oxygen atoms in total. The summed E-state index contributed by atoms with van der Waals surface area (Å²) in [4.78, 5) is 4.60. The van der Waals surface area contributed by atoms with E-state index in [9.17, 15) is 23.4 Å². The van der Waals surface area contributed by atoms with Crippen LogP contribution in [0.3, 0.4) is 0 Å². The summed E-state index contributed by atoms with van der Waals surface area (Å²) in [6.45, 7) is -0.516. The highest BCUT2D eigenvalue weighted by Crippen LogP contribution is 2.39. The molecule has 5 atom stereocenters. The van der Waals surface area contributed by atoms with E-state index < -0.39 is 53.8 Å². The number of nitrogens with zero attached hydrogens (tertiary/aromatic N) is 5. The molecule has 1 aliphatic rings. The van der Waals surface area contributed by atoms with E-state index in [1.165, 1.54) is 42.1 Å². The van der Waals surface area contributed by atoms with Crippen LogP contribution < -0.4 is 0 Å². The summed E-state index contributed by atoms with van der Waals surface area (Å²) in [5, 5.41) is 37.6. The van der Waals surface area contributed by atoms with Crippen molar-refractivity contribution in [2.45, 2.75) is 34.7 Å². The van der Waals surface area contributed by atoms with Crippen molar-refractivity contribution in [2.75, 3.05) is 13.7 Å². The van der Waals surface area contributed by atoms with E-state index in [1.807, 2.05) is 6.07 Å². The average molecular weight is 493 g/mol. The Morgan fingerprint density at radius 1 is 1.24 bits per heavy atom. The number of halogens is 3. The maximum Gasteiger partial charge on any atom is 0.194 e. The number of benzene rings is 1. The Kier molecular flexibility index (Phi) is 7.15. The van der Waals surface area contributed by atoms with Gasteiger partial charge in [-0.3, -0.25) is 4.98 Å². The Labute approximate surface area is 195 Å². The second kappa shape index (κ2) is 10.1. The molecular weight excluding hydrogens is 475 g/mol. The van der Waals surface area contributed by atoms with E-state index >= 15 is 0 Å². The predicted octanol–water partition coefficient (Wildman–Crippen LogP) is 2.06. The molecule has 0 amide bonds. The van der Waals surface area contributed by atoms with Crippen LogP contribution >= 0.6 is 11.8 Å². The van der Waals surface area contributed by atoms with Gasteiger partial charge in [0.1, 0.15) is 41.6 Å². The molecule has 1 aliphatic heterocycles. The minimum atomic E-state index is -1.60. The highest BCUT2D eigenvalue weighted by molar-refractivity contribution is 7.99. The standard InChI is InChI=1S/C21H18F3N5O4S/c1-32-20-18(29-8-15(27-28-29)11-3-13(22)17(24)14(23)4-11)19(31)16(9-30)33-21(20)34-12-2-10(5-25)6-26-7-12/h2-4,6-8,16,18-21,30-31H,9H2,1H3/t16?,18-,19-,20?,21+/m0/s1. The molecule has 2 unspecified atom stereocenters. The van der Waals surface area contributed by atoms with Gasteiger partial charge in [0.15, 0.2) is 17.5 Å². The van der Waals surface area contributed by atoms with Crippen LogP contribution in [0.2, 0.25) is 0 Å². The van der Waals surface area contributed by atoms with Gasteiger partial charge in [0.2, 0.25) is 0 Å². The fourth-order valence-corrected chi connectivity index (χ4v) is 4.84. The summed E-state index contributed by atoms with van der Waals surface area (Å²) in [7, 11) is 1.40. The number of ether oxygens (including phenoxy) is 2. The van der Waals surface area contributed by atoms with E-state index in [-0.39, 0.29) is 11.3 Å². The number of nitriles is 1. The minimum absolute atomic E-state index is 0.0296. The molecule has 178 valence electrons. The first-order valence-corrected chi connectivity index (χ1v) is 10.8. The molecule has 0 radical (unpaired) electrons. The summed E-state index contributed by atoms with van der Waals surface area (Å²) in [5.74, 6) is -4.36. The van der Waals surface area contributed by atoms with Crippen LogP contribution in [0, 0.1) is 28.8 Å². The first kappa shape index (κ1) is 24.1. The van der Waals surface area contributed by atoms with Crippen LogP contribution in [0.4, 0.5) is 13.2 Å². The molecule has 13 heteroatoms. The van der Waals surface area contributed by atoms with Crippen molar-refractivity contribution in [3.63, 3.8) is 0 Å². The van der Waals surface area contributed by atoms with E-state index in [0.717, 1.165) is 12.1 Å². The molecule has 2 aromatic heterocycles. The van der Waals surface area contributed by atoms with Crippen LogP contribution in [-0.4, -0.2) is 67.7 Å². The zero-order valence-electron chi connectivity index (χ0n) is 17.5. The molecular formula is C21H18F3N5O4S. The number of pyridine rings is 1. The fraction of sp³-hybridized carbons (Fsp3) is 0.333. The Morgan fingerprint density at radius 2 is 1.97 bits per heavy atom. The van der Waals surface area contributed by atoms with Gasteiger partial charge < -0.3 is 19.7 Å². The molecule has 2 N–H and O–H groups in total. The number of hydrogen-bond acceptors (Lipinski definition) is 9. The molecule has 0 spiro atoms. The lowest BCUT2D eigenvalue weighted by Gasteiger charge is -2.43. The SMILES string of the molecule is COC1[C@@H](Sc2cncc(C#N)c2)OC(CO)[C@H](O)[C@@H]1n1cc(-c2cc(F)c(F)c(F)c2)nn1. The van der Waals surface area contributed by atoms with Gasteiger partial charge in [0, 0.05) is 30.0 Å². The third-order valence-corrected chi connectivity index (χ3v) is 6.39. The van der Waals surface area contributed by atoms with Gasteiger partial charge >= 0.3 is 0 Å². The van der Waals surface area contributed by atoms with Crippen LogP contribution in [0.5, 0.6) is 0 Å². The minimum Gasteiger partial charge on any atom is -0.394 e. The fourth-order valence-electron chi connectivity index (χ4n) is 3.65. The van der Waals surface area contributed by atoms with Crippen molar-refractivity contribution in [1.29, 1.82) is 5.26 Å². The van der Waals surface area contributed by atoms with E-state index in [2.05, 4.69) is 15.3 Å². The van der Waals surface area contributed by atoms with Crippen molar-refractivity contribution < 1.29 is 32.9 Å². The summed E-state index contributed by atoms with van der Waals surface area (Å²) in [5.41, 5.74) is -0.450. The third kappa shape index (κ3) is 4.63. The Bertz CT molecular complexity index is 1200. The molecule has 4 rings (SSSR count). The number of aliphatic hydroxyl groups is 2. The lowest BCUT2D eigenvalue weighted by Crippen LogP contribution is -2.55. The highest BCUT2D eigenvalue weighted by atomic mass is 32.2. The zero-order valence-corrected chi connectivity index (χ0v) is 18.4. The van der Waals surface area contributed by atoms with Crippen molar-refractivity contribution >= 4 is 11.8 Å². The van der Waals surface area contributed by atoms with Gasteiger partial charge in [0.25, 0.3) is 0 Å². The topological polar surface area (TPSA) is 126 Å². The van der Waals surface area contributed by atoms with E-state index in [0.29, 0.717) is 10.5 Å². The summed E-state index contributed by atoms with van der Waals surface area (Å²) < 4.78 is 53.4. The number of hydrogen-bond donors (Lipinski definition) is 2. The first-order valence-electron chi connectivity index (χ1n) is 9.92. The van der Waals surface area contributed by atoms with Gasteiger partial charge in [-0.2, -0.15) is 5.26 Å². The van der Waals surface area contributed by atoms with Gasteiger partial charge in [-0.15, -0.1) is 5.10 Å². The molecule has 0 aliphatic carbocycles. The number of methoxy groups -OCH3 is 1. The van der Waals surface area contributed by atoms with E-state index in [1.54, 1.807) is 6.07 Å². The molecule has 3 heterocycles. The molecule has 0 saturated carbocycles. The smallest absolute Gasteiger partial charge is 0.194 e. The van der Waals surface area contributed by atoms with Crippen molar-refractivity contribution in [3.8, 4) is 17.3 Å². The summed E-state index contributed by atoms with van der Waals surface area (Å²) in [6.07, 6.45) is 1.12. The average Bonchev–Trinajstić information content (AvgIpc) is 3.32. The molecule has 3 aromatic rings. The lowest BCUT2D eigenvalue weighted by atomic mass is 9.97.